The minimum absolute atomic E-state index is 0.535. The molecule has 1 aliphatic carbocycles. The molecule has 0 spiro atoms. The molecule has 1 heterocycles. The van der Waals surface area contributed by atoms with Crippen molar-refractivity contribution in [2.24, 2.45) is 11.3 Å². The van der Waals surface area contributed by atoms with Crippen molar-refractivity contribution < 1.29 is 0 Å². The van der Waals surface area contributed by atoms with Crippen LogP contribution in [0.3, 0.4) is 0 Å². The van der Waals surface area contributed by atoms with Crippen molar-refractivity contribution in [3.8, 4) is 0 Å². The first-order valence-electron chi connectivity index (χ1n) is 7.50. The molecular weight excluding hydrogens is 208 g/mol. The van der Waals surface area contributed by atoms with Crippen LogP contribution >= 0.6 is 0 Å². The molecule has 17 heavy (non-hydrogen) atoms. The van der Waals surface area contributed by atoms with E-state index in [1.807, 2.05) is 0 Å². The summed E-state index contributed by atoms with van der Waals surface area (Å²) in [4.78, 5) is 2.46. The second-order valence-corrected chi connectivity index (χ2v) is 6.92. The highest BCUT2D eigenvalue weighted by molar-refractivity contribution is 4.90. The lowest BCUT2D eigenvalue weighted by molar-refractivity contribution is 0.205. The smallest absolute Gasteiger partial charge is 0.0118 e. The van der Waals surface area contributed by atoms with Gasteiger partial charge in [-0.3, -0.25) is 0 Å². The second-order valence-electron chi connectivity index (χ2n) is 6.92. The molecule has 1 aliphatic heterocycles. The van der Waals surface area contributed by atoms with E-state index in [9.17, 15) is 0 Å². The number of rotatable bonds is 4. The van der Waals surface area contributed by atoms with Gasteiger partial charge in [-0.2, -0.15) is 0 Å². The molecular formula is C15H30N2. The summed E-state index contributed by atoms with van der Waals surface area (Å²) >= 11 is 0. The maximum Gasteiger partial charge on any atom is 0.0118 e. The lowest BCUT2D eigenvalue weighted by Gasteiger charge is -2.31. The van der Waals surface area contributed by atoms with Crippen molar-refractivity contribution in [1.82, 2.24) is 10.2 Å². The summed E-state index contributed by atoms with van der Waals surface area (Å²) in [6.07, 6.45) is 8.41. The fraction of sp³-hybridized carbons (Fsp3) is 1.00. The van der Waals surface area contributed by atoms with Gasteiger partial charge in [0.15, 0.2) is 0 Å². The fourth-order valence-electron chi connectivity index (χ4n) is 3.52. The average Bonchev–Trinajstić information content (AvgIpc) is 2.61. The van der Waals surface area contributed by atoms with E-state index in [2.05, 4.69) is 31.1 Å². The maximum atomic E-state index is 3.82. The zero-order valence-electron chi connectivity index (χ0n) is 12.0. The first-order valence-corrected chi connectivity index (χ1v) is 7.50. The third kappa shape index (κ3) is 3.69. The van der Waals surface area contributed by atoms with Gasteiger partial charge in [-0.15, -0.1) is 0 Å². The van der Waals surface area contributed by atoms with Crippen molar-refractivity contribution in [3.63, 3.8) is 0 Å². The molecule has 2 rings (SSSR count). The molecule has 0 radical (unpaired) electrons. The van der Waals surface area contributed by atoms with E-state index in [4.69, 9.17) is 0 Å². The van der Waals surface area contributed by atoms with E-state index in [0.29, 0.717) is 5.41 Å². The first kappa shape index (κ1) is 13.4. The molecule has 1 saturated carbocycles. The SMILES string of the molecule is CN1CCC(CCNC2CCCC2(C)C)CC1. The summed E-state index contributed by atoms with van der Waals surface area (Å²) in [5.74, 6) is 0.975. The van der Waals surface area contributed by atoms with Crippen LogP contribution in [0.5, 0.6) is 0 Å². The van der Waals surface area contributed by atoms with Gasteiger partial charge in [0.25, 0.3) is 0 Å². The Balaban J connectivity index is 1.63. The molecule has 1 N–H and O–H groups in total. The summed E-state index contributed by atoms with van der Waals surface area (Å²) in [6, 6.07) is 0.772. The molecule has 0 bridgehead atoms. The van der Waals surface area contributed by atoms with Gasteiger partial charge in [-0.25, -0.2) is 0 Å². The topological polar surface area (TPSA) is 15.3 Å². The van der Waals surface area contributed by atoms with Crippen molar-refractivity contribution in [2.45, 2.75) is 58.4 Å². The van der Waals surface area contributed by atoms with Crippen LogP contribution in [0, 0.1) is 11.3 Å². The standard InChI is InChI=1S/C15H30N2/c1-15(2)9-4-5-14(15)16-10-6-13-7-11-17(3)12-8-13/h13-14,16H,4-12H2,1-3H3. The van der Waals surface area contributed by atoms with Gasteiger partial charge in [-0.1, -0.05) is 20.3 Å². The molecule has 0 aromatic carbocycles. The Morgan fingerprint density at radius 2 is 1.88 bits per heavy atom. The van der Waals surface area contributed by atoms with Crippen LogP contribution in [-0.4, -0.2) is 37.6 Å². The van der Waals surface area contributed by atoms with Crippen LogP contribution in [0.15, 0.2) is 0 Å². The molecule has 1 unspecified atom stereocenters. The summed E-state index contributed by atoms with van der Waals surface area (Å²) in [5, 5.41) is 3.82. The summed E-state index contributed by atoms with van der Waals surface area (Å²) in [6.45, 7) is 8.70. The molecule has 1 atom stereocenters. The Labute approximate surface area is 107 Å². The monoisotopic (exact) mass is 238 g/mol. The van der Waals surface area contributed by atoms with Gasteiger partial charge < -0.3 is 10.2 Å². The van der Waals surface area contributed by atoms with E-state index < -0.39 is 0 Å². The third-order valence-electron chi connectivity index (χ3n) is 5.04. The number of nitrogens with zero attached hydrogens (tertiary/aromatic N) is 1. The number of hydrogen-bond acceptors (Lipinski definition) is 2. The quantitative estimate of drug-likeness (QED) is 0.810. The zero-order chi connectivity index (χ0) is 12.3. The lowest BCUT2D eigenvalue weighted by atomic mass is 9.87. The van der Waals surface area contributed by atoms with E-state index in [1.165, 1.54) is 58.2 Å². The summed E-state index contributed by atoms with van der Waals surface area (Å²) in [5.41, 5.74) is 0.535. The van der Waals surface area contributed by atoms with Crippen molar-refractivity contribution in [3.05, 3.63) is 0 Å². The molecule has 0 aromatic heterocycles. The molecule has 2 fully saturated rings. The molecule has 1 saturated heterocycles. The van der Waals surface area contributed by atoms with E-state index in [-0.39, 0.29) is 0 Å². The van der Waals surface area contributed by atoms with Gasteiger partial charge in [-0.05, 0) is 70.1 Å². The van der Waals surface area contributed by atoms with Gasteiger partial charge in [0.2, 0.25) is 0 Å². The highest BCUT2D eigenvalue weighted by Gasteiger charge is 2.33. The average molecular weight is 238 g/mol. The molecule has 2 heteroatoms. The van der Waals surface area contributed by atoms with Crippen molar-refractivity contribution >= 4 is 0 Å². The van der Waals surface area contributed by atoms with Gasteiger partial charge in [0.1, 0.15) is 0 Å². The summed E-state index contributed by atoms with van der Waals surface area (Å²) < 4.78 is 0. The van der Waals surface area contributed by atoms with Crippen LogP contribution in [-0.2, 0) is 0 Å². The molecule has 0 amide bonds. The maximum absolute atomic E-state index is 3.82. The first-order chi connectivity index (χ1) is 8.08. The normalized spacial score (nSPS) is 30.9. The molecule has 2 nitrogen and oxygen atoms in total. The zero-order valence-corrected chi connectivity index (χ0v) is 12.0. The Hall–Kier alpha value is -0.0800. The van der Waals surface area contributed by atoms with Gasteiger partial charge >= 0.3 is 0 Å². The van der Waals surface area contributed by atoms with Gasteiger partial charge in [0, 0.05) is 6.04 Å². The predicted molar refractivity (Wildman–Crippen MR) is 74.3 cm³/mol. The predicted octanol–water partition coefficient (Wildman–Crippen LogP) is 2.89. The second kappa shape index (κ2) is 5.71. The fourth-order valence-corrected chi connectivity index (χ4v) is 3.52. The largest absolute Gasteiger partial charge is 0.313 e. The highest BCUT2D eigenvalue weighted by atomic mass is 15.1. The van der Waals surface area contributed by atoms with Crippen LogP contribution < -0.4 is 5.32 Å². The van der Waals surface area contributed by atoms with Crippen molar-refractivity contribution in [2.75, 3.05) is 26.7 Å². The number of hydrogen-bond donors (Lipinski definition) is 1. The number of piperidine rings is 1. The van der Waals surface area contributed by atoms with E-state index in [0.717, 1.165) is 12.0 Å². The lowest BCUT2D eigenvalue weighted by Crippen LogP contribution is -2.39. The molecule has 0 aromatic rings. The third-order valence-corrected chi connectivity index (χ3v) is 5.04. The Bertz CT molecular complexity index is 229. The van der Waals surface area contributed by atoms with Crippen LogP contribution in [0.1, 0.15) is 52.4 Å². The summed E-state index contributed by atoms with van der Waals surface area (Å²) in [7, 11) is 2.25. The number of likely N-dealkylation sites (tertiary alicyclic amines) is 1. The molecule has 100 valence electrons. The Morgan fingerprint density at radius 1 is 1.18 bits per heavy atom. The van der Waals surface area contributed by atoms with Crippen molar-refractivity contribution in [1.29, 1.82) is 0 Å². The minimum atomic E-state index is 0.535. The highest BCUT2D eigenvalue weighted by Crippen LogP contribution is 2.37. The van der Waals surface area contributed by atoms with Crippen LogP contribution in [0.4, 0.5) is 0 Å². The van der Waals surface area contributed by atoms with E-state index in [1.54, 1.807) is 0 Å². The van der Waals surface area contributed by atoms with E-state index >= 15 is 0 Å². The number of nitrogens with one attached hydrogen (secondary N) is 1. The molecule has 2 aliphatic rings. The van der Waals surface area contributed by atoms with Crippen LogP contribution in [0.2, 0.25) is 0 Å². The Kier molecular flexibility index (Phi) is 4.48. The van der Waals surface area contributed by atoms with Gasteiger partial charge in [0.05, 0.1) is 0 Å². The minimum Gasteiger partial charge on any atom is -0.313 e. The van der Waals surface area contributed by atoms with Crippen LogP contribution in [0.25, 0.3) is 0 Å². The Morgan fingerprint density at radius 3 is 2.47 bits per heavy atom.